The van der Waals surface area contributed by atoms with E-state index in [2.05, 4.69) is 22.5 Å². The highest BCUT2D eigenvalue weighted by Crippen LogP contribution is 2.26. The maximum absolute atomic E-state index is 12.9. The highest BCUT2D eigenvalue weighted by molar-refractivity contribution is 7.88. The molecule has 0 saturated carbocycles. The molecule has 0 aromatic heterocycles. The number of nitrogens with zero attached hydrogens (tertiary/aromatic N) is 2. The van der Waals surface area contributed by atoms with Gasteiger partial charge in [-0.05, 0) is 51.2 Å². The molecule has 3 saturated heterocycles. The average Bonchev–Trinajstić information content (AvgIpc) is 2.79. The first-order chi connectivity index (χ1) is 13.7. The molecule has 3 fully saturated rings. The minimum Gasteiger partial charge on any atom is -0.381 e. The Bertz CT molecular complexity index is 699. The molecule has 1 atom stereocenters. The van der Waals surface area contributed by atoms with Crippen LogP contribution in [-0.2, 0) is 24.3 Å². The summed E-state index contributed by atoms with van der Waals surface area (Å²) in [6.45, 7) is 6.27. The van der Waals surface area contributed by atoms with Gasteiger partial charge in [0, 0.05) is 32.7 Å². The van der Waals surface area contributed by atoms with Crippen LogP contribution >= 0.6 is 0 Å². The van der Waals surface area contributed by atoms with Gasteiger partial charge >= 0.3 is 0 Å². The van der Waals surface area contributed by atoms with Crippen LogP contribution in [0.25, 0.3) is 0 Å². The predicted molar refractivity (Wildman–Crippen MR) is 109 cm³/mol. The molecule has 3 heterocycles. The van der Waals surface area contributed by atoms with Gasteiger partial charge in [-0.2, -0.15) is 4.31 Å². The molecule has 1 unspecified atom stereocenters. The van der Waals surface area contributed by atoms with Crippen molar-refractivity contribution < 1.29 is 22.7 Å². The highest BCUT2D eigenvalue weighted by atomic mass is 32.2. The molecule has 0 aliphatic carbocycles. The molecule has 29 heavy (non-hydrogen) atoms. The first kappa shape index (κ1) is 22.5. The molecule has 166 valence electrons. The number of carbonyl (C=O) groups is 2. The summed E-state index contributed by atoms with van der Waals surface area (Å²) < 4.78 is 31.3. The topological polar surface area (TPSA) is 108 Å². The maximum atomic E-state index is 12.9. The van der Waals surface area contributed by atoms with Gasteiger partial charge < -0.3 is 20.3 Å². The molecule has 3 rings (SSSR count). The lowest BCUT2D eigenvalue weighted by molar-refractivity contribution is -0.130. The zero-order chi connectivity index (χ0) is 21.1. The Morgan fingerprint density at radius 1 is 1.28 bits per heavy atom. The van der Waals surface area contributed by atoms with E-state index in [0.29, 0.717) is 38.4 Å². The van der Waals surface area contributed by atoms with E-state index in [1.807, 2.05) is 0 Å². The SMILES string of the molecule is CCN1CCC(CC(=O)NC2CN(S(C)(=O)=O)CC3(CCOCC3)NC2=O)CC1. The number of rotatable bonds is 5. The van der Waals surface area contributed by atoms with Crippen LogP contribution in [0.2, 0.25) is 0 Å². The lowest BCUT2D eigenvalue weighted by atomic mass is 9.90. The monoisotopic (exact) mass is 430 g/mol. The van der Waals surface area contributed by atoms with Gasteiger partial charge in [-0.15, -0.1) is 0 Å². The second-order valence-corrected chi connectivity index (χ2v) is 10.6. The van der Waals surface area contributed by atoms with Crippen LogP contribution in [0.15, 0.2) is 0 Å². The molecule has 3 aliphatic rings. The smallest absolute Gasteiger partial charge is 0.244 e. The van der Waals surface area contributed by atoms with E-state index < -0.39 is 21.6 Å². The first-order valence-corrected chi connectivity index (χ1v) is 12.4. The van der Waals surface area contributed by atoms with Gasteiger partial charge in [-0.3, -0.25) is 9.59 Å². The van der Waals surface area contributed by atoms with E-state index in [0.717, 1.165) is 38.7 Å². The number of hydrogen-bond donors (Lipinski definition) is 2. The summed E-state index contributed by atoms with van der Waals surface area (Å²) in [5.74, 6) is -0.192. The maximum Gasteiger partial charge on any atom is 0.244 e. The van der Waals surface area contributed by atoms with Gasteiger partial charge in [0.05, 0.1) is 11.8 Å². The summed E-state index contributed by atoms with van der Waals surface area (Å²) in [4.78, 5) is 27.9. The Balaban J connectivity index is 1.64. The number of ether oxygens (including phenoxy) is 1. The summed E-state index contributed by atoms with van der Waals surface area (Å²) in [5, 5.41) is 5.83. The van der Waals surface area contributed by atoms with Crippen molar-refractivity contribution in [3.63, 3.8) is 0 Å². The van der Waals surface area contributed by atoms with Crippen LogP contribution in [0.1, 0.15) is 39.0 Å². The summed E-state index contributed by atoms with van der Waals surface area (Å²) in [6, 6.07) is -0.879. The molecule has 9 nitrogen and oxygen atoms in total. The highest BCUT2D eigenvalue weighted by Gasteiger charge is 2.44. The Hall–Kier alpha value is -1.23. The van der Waals surface area contributed by atoms with Crippen molar-refractivity contribution in [1.82, 2.24) is 19.8 Å². The van der Waals surface area contributed by atoms with E-state index in [4.69, 9.17) is 4.74 Å². The minimum atomic E-state index is -3.51. The van der Waals surface area contributed by atoms with Gasteiger partial charge in [-0.25, -0.2) is 8.42 Å². The van der Waals surface area contributed by atoms with Crippen LogP contribution < -0.4 is 10.6 Å². The van der Waals surface area contributed by atoms with Crippen molar-refractivity contribution in [3.8, 4) is 0 Å². The van der Waals surface area contributed by atoms with Crippen molar-refractivity contribution in [2.75, 3.05) is 52.2 Å². The van der Waals surface area contributed by atoms with Crippen molar-refractivity contribution in [1.29, 1.82) is 0 Å². The molecule has 0 aromatic rings. The van der Waals surface area contributed by atoms with Gasteiger partial charge in [0.1, 0.15) is 6.04 Å². The predicted octanol–water partition coefficient (Wildman–Crippen LogP) is -0.466. The van der Waals surface area contributed by atoms with E-state index in [1.54, 1.807) is 0 Å². The fraction of sp³-hybridized carbons (Fsp3) is 0.895. The van der Waals surface area contributed by atoms with Crippen LogP contribution in [0, 0.1) is 5.92 Å². The molecule has 3 aliphatic heterocycles. The number of piperidine rings is 1. The number of likely N-dealkylation sites (tertiary alicyclic amines) is 1. The normalized spacial score (nSPS) is 27.4. The number of amides is 2. The van der Waals surface area contributed by atoms with E-state index in [1.165, 1.54) is 4.31 Å². The Kier molecular flexibility index (Phi) is 7.19. The van der Waals surface area contributed by atoms with Crippen LogP contribution in [-0.4, -0.2) is 93.2 Å². The fourth-order valence-electron chi connectivity index (χ4n) is 4.51. The molecule has 0 radical (unpaired) electrons. The number of nitrogens with one attached hydrogen (secondary N) is 2. The van der Waals surface area contributed by atoms with Crippen LogP contribution in [0.4, 0.5) is 0 Å². The number of sulfonamides is 1. The van der Waals surface area contributed by atoms with Gasteiger partial charge in [0.15, 0.2) is 0 Å². The molecule has 2 N–H and O–H groups in total. The molecule has 0 aromatic carbocycles. The third-order valence-electron chi connectivity index (χ3n) is 6.45. The largest absolute Gasteiger partial charge is 0.381 e. The van der Waals surface area contributed by atoms with Crippen molar-refractivity contribution in [2.24, 2.45) is 5.92 Å². The van der Waals surface area contributed by atoms with E-state index in [-0.39, 0.29) is 24.9 Å². The van der Waals surface area contributed by atoms with Crippen molar-refractivity contribution in [3.05, 3.63) is 0 Å². The molecule has 0 bridgehead atoms. The lowest BCUT2D eigenvalue weighted by Gasteiger charge is -2.38. The Morgan fingerprint density at radius 2 is 1.93 bits per heavy atom. The fourth-order valence-corrected chi connectivity index (χ4v) is 5.41. The third kappa shape index (κ3) is 5.90. The van der Waals surface area contributed by atoms with Gasteiger partial charge in [-0.1, -0.05) is 6.92 Å². The lowest BCUT2D eigenvalue weighted by Crippen LogP contribution is -2.58. The number of hydrogen-bond acceptors (Lipinski definition) is 6. The molecule has 2 amide bonds. The summed E-state index contributed by atoms with van der Waals surface area (Å²) in [7, 11) is -3.51. The van der Waals surface area contributed by atoms with Gasteiger partial charge in [0.2, 0.25) is 21.8 Å². The number of carbonyl (C=O) groups excluding carboxylic acids is 2. The second-order valence-electron chi connectivity index (χ2n) is 8.64. The molecular formula is C19H34N4O5S. The van der Waals surface area contributed by atoms with Crippen molar-refractivity contribution >= 4 is 21.8 Å². The molecular weight excluding hydrogens is 396 g/mol. The summed E-state index contributed by atoms with van der Waals surface area (Å²) >= 11 is 0. The van der Waals surface area contributed by atoms with Crippen LogP contribution in [0.3, 0.4) is 0 Å². The standard InChI is InChI=1S/C19H34N4O5S/c1-3-22-8-4-15(5-9-22)12-17(24)20-16-13-23(29(2,26)27)14-19(21-18(16)25)6-10-28-11-7-19/h15-16H,3-14H2,1-2H3,(H,20,24)(H,21,25). The zero-order valence-corrected chi connectivity index (χ0v) is 18.3. The zero-order valence-electron chi connectivity index (χ0n) is 17.5. The van der Waals surface area contributed by atoms with Crippen molar-refractivity contribution in [2.45, 2.75) is 50.6 Å². The summed E-state index contributed by atoms with van der Waals surface area (Å²) in [6.07, 6.45) is 4.58. The molecule has 10 heteroatoms. The minimum absolute atomic E-state index is 0.0344. The van der Waals surface area contributed by atoms with Gasteiger partial charge in [0.25, 0.3) is 0 Å². The Labute approximate surface area is 173 Å². The van der Waals surface area contributed by atoms with Crippen LogP contribution in [0.5, 0.6) is 0 Å². The molecule has 1 spiro atoms. The first-order valence-electron chi connectivity index (χ1n) is 10.6. The second kappa shape index (κ2) is 9.28. The summed E-state index contributed by atoms with van der Waals surface area (Å²) in [5.41, 5.74) is -0.634. The van der Waals surface area contributed by atoms with E-state index >= 15 is 0 Å². The quantitative estimate of drug-likeness (QED) is 0.611. The third-order valence-corrected chi connectivity index (χ3v) is 7.67. The average molecular weight is 431 g/mol. The Morgan fingerprint density at radius 3 is 2.52 bits per heavy atom. The van der Waals surface area contributed by atoms with E-state index in [9.17, 15) is 18.0 Å².